The van der Waals surface area contributed by atoms with Crippen molar-refractivity contribution in [3.05, 3.63) is 45.8 Å². The maximum Gasteiger partial charge on any atom is 0.374 e. The van der Waals surface area contributed by atoms with Crippen LogP contribution in [0.1, 0.15) is 30.0 Å². The highest BCUT2D eigenvalue weighted by molar-refractivity contribution is 5.90. The lowest BCUT2D eigenvalue weighted by atomic mass is 10.1. The highest BCUT2D eigenvalue weighted by Crippen LogP contribution is 2.15. The summed E-state index contributed by atoms with van der Waals surface area (Å²) in [6.45, 7) is 6.12. The zero-order valence-electron chi connectivity index (χ0n) is 15.0. The molecule has 1 fully saturated rings. The van der Waals surface area contributed by atoms with Gasteiger partial charge in [0, 0.05) is 19.2 Å². The Morgan fingerprint density at radius 2 is 1.88 bits per heavy atom. The second-order valence-corrected chi connectivity index (χ2v) is 6.61. The van der Waals surface area contributed by atoms with Crippen molar-refractivity contribution in [2.45, 2.75) is 33.0 Å². The zero-order chi connectivity index (χ0) is 18.8. The second kappa shape index (κ2) is 7.29. The van der Waals surface area contributed by atoms with Crippen LogP contribution in [0.3, 0.4) is 0 Å². The molecule has 0 bridgehead atoms. The van der Waals surface area contributed by atoms with Crippen LogP contribution in [-0.4, -0.2) is 48.7 Å². The number of esters is 1. The fourth-order valence-electron chi connectivity index (χ4n) is 3.04. The summed E-state index contributed by atoms with van der Waals surface area (Å²) in [6.07, 6.45) is -0.138. The van der Waals surface area contributed by atoms with E-state index in [9.17, 15) is 14.4 Å². The Morgan fingerprint density at radius 1 is 1.19 bits per heavy atom. The molecule has 0 saturated carbocycles. The fourth-order valence-corrected chi connectivity index (χ4v) is 3.04. The Morgan fingerprint density at radius 3 is 2.58 bits per heavy atom. The Hall–Kier alpha value is -2.67. The predicted molar refractivity (Wildman–Crippen MR) is 94.1 cm³/mol. The van der Waals surface area contributed by atoms with E-state index in [1.54, 1.807) is 23.1 Å². The largest absolute Gasteiger partial charge is 0.450 e. The van der Waals surface area contributed by atoms with Crippen molar-refractivity contribution in [1.29, 1.82) is 0 Å². The van der Waals surface area contributed by atoms with Crippen LogP contribution >= 0.6 is 0 Å². The maximum absolute atomic E-state index is 12.2. The molecule has 0 unspecified atom stereocenters. The third-order valence-electron chi connectivity index (χ3n) is 4.18. The number of ether oxygens (including phenoxy) is 2. The molecular formula is C19H21NO6. The summed E-state index contributed by atoms with van der Waals surface area (Å²) in [5.41, 5.74) is 0.890. The number of carbonyl (C=O) groups is 2. The van der Waals surface area contributed by atoms with Crippen molar-refractivity contribution < 1.29 is 23.5 Å². The van der Waals surface area contributed by atoms with Crippen molar-refractivity contribution in [2.24, 2.45) is 0 Å². The monoisotopic (exact) mass is 359 g/mol. The average molecular weight is 359 g/mol. The molecular weight excluding hydrogens is 338 g/mol. The molecule has 0 spiro atoms. The van der Waals surface area contributed by atoms with Crippen LogP contribution < -0.4 is 5.43 Å². The fraction of sp³-hybridized carbons (Fsp3) is 0.421. The minimum atomic E-state index is -0.840. The van der Waals surface area contributed by atoms with E-state index < -0.39 is 12.6 Å². The first-order chi connectivity index (χ1) is 12.3. The van der Waals surface area contributed by atoms with Gasteiger partial charge in [-0.15, -0.1) is 0 Å². The number of rotatable bonds is 3. The molecule has 1 aliphatic rings. The molecule has 0 aliphatic carbocycles. The molecule has 26 heavy (non-hydrogen) atoms. The molecule has 1 aromatic heterocycles. The number of morpholine rings is 1. The summed E-state index contributed by atoms with van der Waals surface area (Å²) in [5.74, 6) is -1.37. The number of nitrogens with zero attached hydrogens (tertiary/aromatic N) is 1. The Kier molecular flexibility index (Phi) is 5.08. The number of aryl methyl sites for hydroxylation is 1. The molecule has 0 N–H and O–H groups in total. The summed E-state index contributed by atoms with van der Waals surface area (Å²) in [6, 6.07) is 6.20. The molecule has 2 atom stereocenters. The predicted octanol–water partition coefficient (Wildman–Crippen LogP) is 1.89. The number of hydrogen-bond acceptors (Lipinski definition) is 6. The molecule has 3 rings (SSSR count). The topological polar surface area (TPSA) is 86.1 Å². The van der Waals surface area contributed by atoms with Crippen molar-refractivity contribution in [3.63, 3.8) is 0 Å². The van der Waals surface area contributed by atoms with Crippen LogP contribution in [0, 0.1) is 6.92 Å². The zero-order valence-corrected chi connectivity index (χ0v) is 15.0. The van der Waals surface area contributed by atoms with Gasteiger partial charge in [-0.3, -0.25) is 9.59 Å². The lowest BCUT2D eigenvalue weighted by Gasteiger charge is -2.35. The van der Waals surface area contributed by atoms with Gasteiger partial charge in [-0.05, 0) is 32.9 Å². The van der Waals surface area contributed by atoms with Gasteiger partial charge in [-0.25, -0.2) is 4.79 Å². The number of hydrogen-bond donors (Lipinski definition) is 0. The Labute approximate surface area is 150 Å². The van der Waals surface area contributed by atoms with Gasteiger partial charge < -0.3 is 18.8 Å². The quantitative estimate of drug-likeness (QED) is 0.778. The van der Waals surface area contributed by atoms with Crippen LogP contribution in [-0.2, 0) is 14.3 Å². The van der Waals surface area contributed by atoms with E-state index in [-0.39, 0.29) is 29.3 Å². The summed E-state index contributed by atoms with van der Waals surface area (Å²) in [5, 5.41) is 0.397. The molecule has 1 aromatic carbocycles. The van der Waals surface area contributed by atoms with Crippen LogP contribution in [0.2, 0.25) is 0 Å². The summed E-state index contributed by atoms with van der Waals surface area (Å²) < 4.78 is 16.1. The maximum atomic E-state index is 12.2. The van der Waals surface area contributed by atoms with Crippen molar-refractivity contribution >= 4 is 22.8 Å². The molecule has 1 amide bonds. The molecule has 2 aromatic rings. The summed E-state index contributed by atoms with van der Waals surface area (Å²) in [4.78, 5) is 38.2. The van der Waals surface area contributed by atoms with Gasteiger partial charge in [0.25, 0.3) is 5.91 Å². The van der Waals surface area contributed by atoms with E-state index >= 15 is 0 Å². The SMILES string of the molecule is Cc1ccc2oc(C(=O)OCC(=O)N3C[C@@H](C)O[C@@H](C)C3)cc(=O)c2c1. The van der Waals surface area contributed by atoms with E-state index in [1.807, 2.05) is 20.8 Å². The van der Waals surface area contributed by atoms with Gasteiger partial charge in [-0.2, -0.15) is 0 Å². The number of benzene rings is 1. The van der Waals surface area contributed by atoms with Gasteiger partial charge in [0.2, 0.25) is 5.76 Å². The van der Waals surface area contributed by atoms with Crippen molar-refractivity contribution in [2.75, 3.05) is 19.7 Å². The number of amides is 1. The Bertz CT molecular complexity index is 893. The summed E-state index contributed by atoms with van der Waals surface area (Å²) in [7, 11) is 0. The standard InChI is InChI=1S/C19H21NO6/c1-11-4-5-16-14(6-11)15(21)7-17(26-16)19(23)24-10-18(22)20-8-12(2)25-13(3)9-20/h4-7,12-13H,8-10H2,1-3H3/t12-,13+. The van der Waals surface area contributed by atoms with Gasteiger partial charge >= 0.3 is 5.97 Å². The lowest BCUT2D eigenvalue weighted by Crippen LogP contribution is -2.49. The minimum Gasteiger partial charge on any atom is -0.450 e. The first-order valence-electron chi connectivity index (χ1n) is 8.48. The molecule has 7 heteroatoms. The number of fused-ring (bicyclic) bond motifs is 1. The van der Waals surface area contributed by atoms with Gasteiger partial charge in [0.15, 0.2) is 12.0 Å². The molecule has 7 nitrogen and oxygen atoms in total. The van der Waals surface area contributed by atoms with Crippen LogP contribution in [0.4, 0.5) is 0 Å². The normalized spacial score (nSPS) is 20.2. The summed E-state index contributed by atoms with van der Waals surface area (Å²) >= 11 is 0. The van der Waals surface area contributed by atoms with Crippen LogP contribution in [0.5, 0.6) is 0 Å². The van der Waals surface area contributed by atoms with E-state index in [0.717, 1.165) is 11.6 Å². The smallest absolute Gasteiger partial charge is 0.374 e. The van der Waals surface area contributed by atoms with Crippen LogP contribution in [0.15, 0.2) is 33.5 Å². The second-order valence-electron chi connectivity index (χ2n) is 6.61. The van der Waals surface area contributed by atoms with Crippen molar-refractivity contribution in [1.82, 2.24) is 4.90 Å². The van der Waals surface area contributed by atoms with Gasteiger partial charge in [0.1, 0.15) is 5.58 Å². The number of carbonyl (C=O) groups excluding carboxylic acids is 2. The average Bonchev–Trinajstić information content (AvgIpc) is 2.59. The van der Waals surface area contributed by atoms with E-state index in [1.165, 1.54) is 0 Å². The minimum absolute atomic E-state index is 0.0691. The molecule has 138 valence electrons. The first kappa shape index (κ1) is 18.1. The van der Waals surface area contributed by atoms with E-state index in [0.29, 0.717) is 24.1 Å². The first-order valence-corrected chi connectivity index (χ1v) is 8.48. The van der Waals surface area contributed by atoms with Gasteiger partial charge in [0.05, 0.1) is 17.6 Å². The molecule has 0 radical (unpaired) electrons. The molecule has 2 heterocycles. The van der Waals surface area contributed by atoms with E-state index in [4.69, 9.17) is 13.9 Å². The third kappa shape index (κ3) is 3.94. The van der Waals surface area contributed by atoms with Crippen LogP contribution in [0.25, 0.3) is 11.0 Å². The Balaban J connectivity index is 1.68. The highest BCUT2D eigenvalue weighted by atomic mass is 16.5. The van der Waals surface area contributed by atoms with Gasteiger partial charge in [-0.1, -0.05) is 11.6 Å². The third-order valence-corrected chi connectivity index (χ3v) is 4.18. The lowest BCUT2D eigenvalue weighted by molar-refractivity contribution is -0.146. The molecule has 1 aliphatic heterocycles. The van der Waals surface area contributed by atoms with Crippen molar-refractivity contribution in [3.8, 4) is 0 Å². The molecule has 1 saturated heterocycles. The highest BCUT2D eigenvalue weighted by Gasteiger charge is 2.26. The van der Waals surface area contributed by atoms with E-state index in [2.05, 4.69) is 0 Å².